The Kier molecular flexibility index (Phi) is 5.72. The highest BCUT2D eigenvalue weighted by Crippen LogP contribution is 2.32. The van der Waals surface area contributed by atoms with Gasteiger partial charge in [-0.05, 0) is 36.6 Å². The van der Waals surface area contributed by atoms with Crippen LogP contribution in [-0.4, -0.2) is 45.4 Å². The number of benzene rings is 2. The van der Waals surface area contributed by atoms with E-state index in [2.05, 4.69) is 20.5 Å². The summed E-state index contributed by atoms with van der Waals surface area (Å²) in [5.41, 5.74) is 1.17. The molecule has 1 aliphatic rings. The van der Waals surface area contributed by atoms with Gasteiger partial charge in [-0.3, -0.25) is 9.69 Å². The summed E-state index contributed by atoms with van der Waals surface area (Å²) in [6.07, 6.45) is -2.89. The number of nitrogens with zero attached hydrogens (tertiary/aromatic N) is 4. The number of halogens is 3. The second kappa shape index (κ2) is 8.43. The van der Waals surface area contributed by atoms with E-state index >= 15 is 0 Å². The van der Waals surface area contributed by atoms with E-state index in [9.17, 15) is 18.0 Å². The third kappa shape index (κ3) is 4.62. The topological polar surface area (TPSA) is 63.1 Å². The number of amides is 1. The molecule has 2 aromatic carbocycles. The Morgan fingerprint density at radius 3 is 2.53 bits per heavy atom. The molecule has 1 saturated heterocycles. The van der Waals surface area contributed by atoms with Crippen LogP contribution in [0.5, 0.6) is 0 Å². The molecule has 0 unspecified atom stereocenters. The van der Waals surface area contributed by atoms with E-state index in [0.717, 1.165) is 30.5 Å². The average Bonchev–Trinajstić information content (AvgIpc) is 3.16. The summed E-state index contributed by atoms with van der Waals surface area (Å²) >= 11 is 0. The van der Waals surface area contributed by atoms with Crippen LogP contribution in [0, 0.1) is 0 Å². The summed E-state index contributed by atoms with van der Waals surface area (Å²) in [6.45, 7) is 2.25. The van der Waals surface area contributed by atoms with Crippen LogP contribution in [0.25, 0.3) is 11.0 Å². The van der Waals surface area contributed by atoms with Gasteiger partial charge in [0, 0.05) is 19.6 Å². The second-order valence-corrected chi connectivity index (χ2v) is 7.50. The van der Waals surface area contributed by atoms with Gasteiger partial charge in [-0.15, -0.1) is 5.10 Å². The van der Waals surface area contributed by atoms with Crippen molar-refractivity contribution in [2.24, 2.45) is 0 Å². The Bertz CT molecular complexity index is 1010. The maximum absolute atomic E-state index is 12.9. The largest absolute Gasteiger partial charge is 0.416 e. The Balaban J connectivity index is 1.31. The lowest BCUT2D eigenvalue weighted by molar-refractivity contribution is -0.137. The molecule has 1 amide bonds. The minimum Gasteiger partial charge on any atom is -0.351 e. The minimum atomic E-state index is -4.40. The van der Waals surface area contributed by atoms with Gasteiger partial charge < -0.3 is 5.32 Å². The number of likely N-dealkylation sites (tertiary alicyclic amines) is 1. The van der Waals surface area contributed by atoms with Crippen LogP contribution in [0.3, 0.4) is 0 Å². The maximum Gasteiger partial charge on any atom is 0.416 e. The number of fused-ring (bicyclic) bond motifs is 1. The van der Waals surface area contributed by atoms with Gasteiger partial charge in [0.2, 0.25) is 5.91 Å². The van der Waals surface area contributed by atoms with Gasteiger partial charge in [-0.1, -0.05) is 35.5 Å². The molecule has 2 heterocycles. The number of hydrogen-bond donors (Lipinski definition) is 1. The van der Waals surface area contributed by atoms with Gasteiger partial charge in [-0.2, -0.15) is 13.2 Å². The molecule has 1 aromatic heterocycles. The molecule has 9 heteroatoms. The first-order chi connectivity index (χ1) is 14.4. The van der Waals surface area contributed by atoms with Crippen molar-refractivity contribution in [2.75, 3.05) is 19.6 Å². The molecule has 6 nitrogen and oxygen atoms in total. The Hall–Kier alpha value is -2.94. The number of alkyl halides is 3. The first kappa shape index (κ1) is 20.3. The highest BCUT2D eigenvalue weighted by atomic mass is 19.4. The van der Waals surface area contributed by atoms with Crippen molar-refractivity contribution in [2.45, 2.75) is 31.6 Å². The number of nitrogens with one attached hydrogen (secondary N) is 1. The third-order valence-electron chi connectivity index (χ3n) is 5.40. The molecule has 1 N–H and O–H groups in total. The summed E-state index contributed by atoms with van der Waals surface area (Å²) < 4.78 is 40.4. The van der Waals surface area contributed by atoms with Gasteiger partial charge in [0.1, 0.15) is 5.52 Å². The maximum atomic E-state index is 12.9. The van der Waals surface area contributed by atoms with E-state index in [1.807, 2.05) is 30.3 Å². The monoisotopic (exact) mass is 417 g/mol. The van der Waals surface area contributed by atoms with E-state index in [1.54, 1.807) is 4.68 Å². The van der Waals surface area contributed by atoms with E-state index in [-0.39, 0.29) is 17.5 Å². The molecule has 0 radical (unpaired) electrons. The van der Waals surface area contributed by atoms with Crippen LogP contribution in [0.2, 0.25) is 0 Å². The van der Waals surface area contributed by atoms with E-state index in [1.165, 1.54) is 6.07 Å². The molecule has 3 aromatic rings. The lowest BCUT2D eigenvalue weighted by atomic mass is 10.0. The fraction of sp³-hybridized carbons (Fsp3) is 0.381. The molecule has 1 fully saturated rings. The van der Waals surface area contributed by atoms with Crippen LogP contribution in [-0.2, 0) is 17.5 Å². The van der Waals surface area contributed by atoms with Crippen LogP contribution < -0.4 is 5.32 Å². The number of aromatic nitrogens is 3. The van der Waals surface area contributed by atoms with Crippen molar-refractivity contribution < 1.29 is 18.0 Å². The zero-order chi connectivity index (χ0) is 21.1. The first-order valence-electron chi connectivity index (χ1n) is 9.85. The molecule has 1 aliphatic heterocycles. The summed E-state index contributed by atoms with van der Waals surface area (Å²) in [6, 6.07) is 13.3. The summed E-state index contributed by atoms with van der Waals surface area (Å²) in [7, 11) is 0. The lowest BCUT2D eigenvalue weighted by Crippen LogP contribution is -2.41. The second-order valence-electron chi connectivity index (χ2n) is 7.50. The normalized spacial score (nSPS) is 16.1. The van der Waals surface area contributed by atoms with Gasteiger partial charge >= 0.3 is 6.18 Å². The highest BCUT2D eigenvalue weighted by molar-refractivity contribution is 5.78. The summed E-state index contributed by atoms with van der Waals surface area (Å²) in [4.78, 5) is 14.3. The predicted octanol–water partition coefficient (Wildman–Crippen LogP) is 3.40. The zero-order valence-corrected chi connectivity index (χ0v) is 16.3. The first-order valence-corrected chi connectivity index (χ1v) is 9.85. The molecule has 4 rings (SSSR count). The van der Waals surface area contributed by atoms with E-state index < -0.39 is 11.7 Å². The highest BCUT2D eigenvalue weighted by Gasteiger charge is 2.31. The quantitative estimate of drug-likeness (QED) is 0.691. The molecular formula is C21H22F3N5O. The zero-order valence-electron chi connectivity index (χ0n) is 16.3. The van der Waals surface area contributed by atoms with Crippen molar-refractivity contribution in [3.63, 3.8) is 0 Å². The molecular weight excluding hydrogens is 395 g/mol. The molecule has 158 valence electrons. The smallest absolute Gasteiger partial charge is 0.351 e. The lowest BCUT2D eigenvalue weighted by Gasteiger charge is -2.31. The third-order valence-corrected chi connectivity index (χ3v) is 5.40. The van der Waals surface area contributed by atoms with Crippen LogP contribution in [0.1, 0.15) is 30.0 Å². The Morgan fingerprint density at radius 1 is 1.10 bits per heavy atom. The Labute approximate surface area is 171 Å². The number of piperidine rings is 1. The summed E-state index contributed by atoms with van der Waals surface area (Å²) in [5, 5.41) is 10.9. The molecule has 0 bridgehead atoms. The van der Waals surface area contributed by atoms with Crippen molar-refractivity contribution in [3.8, 4) is 0 Å². The Morgan fingerprint density at radius 2 is 1.83 bits per heavy atom. The fourth-order valence-electron chi connectivity index (χ4n) is 3.77. The average molecular weight is 417 g/mol. The standard InChI is InChI=1S/C21H22F3N5O/c22-21(23,24)16-6-7-19-18(12-16)26-27-29(19)17-8-10-28(11-9-17)14-20(30)25-13-15-4-2-1-3-5-15/h1-7,12,17H,8-11,13-14H2,(H,25,30). The molecule has 0 atom stereocenters. The van der Waals surface area contributed by atoms with Gasteiger partial charge in [-0.25, -0.2) is 4.68 Å². The SMILES string of the molecule is O=C(CN1CCC(n2nnc3cc(C(F)(F)F)ccc32)CC1)NCc1ccccc1. The molecule has 0 saturated carbocycles. The van der Waals surface area contributed by atoms with E-state index in [0.29, 0.717) is 31.7 Å². The van der Waals surface area contributed by atoms with E-state index in [4.69, 9.17) is 0 Å². The van der Waals surface area contributed by atoms with Crippen LogP contribution >= 0.6 is 0 Å². The number of rotatable bonds is 5. The predicted molar refractivity (Wildman–Crippen MR) is 106 cm³/mol. The number of hydrogen-bond acceptors (Lipinski definition) is 4. The number of carbonyl (C=O) groups excluding carboxylic acids is 1. The molecule has 0 aliphatic carbocycles. The van der Waals surface area contributed by atoms with Crippen molar-refractivity contribution in [1.82, 2.24) is 25.2 Å². The fourth-order valence-corrected chi connectivity index (χ4v) is 3.77. The number of carbonyl (C=O) groups is 1. The van der Waals surface area contributed by atoms with Crippen molar-refractivity contribution >= 4 is 16.9 Å². The van der Waals surface area contributed by atoms with Crippen molar-refractivity contribution in [1.29, 1.82) is 0 Å². The molecule has 0 spiro atoms. The van der Waals surface area contributed by atoms with Gasteiger partial charge in [0.25, 0.3) is 0 Å². The van der Waals surface area contributed by atoms with Crippen LogP contribution in [0.4, 0.5) is 13.2 Å². The summed E-state index contributed by atoms with van der Waals surface area (Å²) in [5.74, 6) is -0.0248. The van der Waals surface area contributed by atoms with Gasteiger partial charge in [0.15, 0.2) is 0 Å². The minimum absolute atomic E-state index is 0.0248. The van der Waals surface area contributed by atoms with Crippen LogP contribution in [0.15, 0.2) is 48.5 Å². The molecule has 30 heavy (non-hydrogen) atoms. The van der Waals surface area contributed by atoms with Gasteiger partial charge in [0.05, 0.1) is 23.7 Å². The van der Waals surface area contributed by atoms with Crippen molar-refractivity contribution in [3.05, 3.63) is 59.7 Å².